The summed E-state index contributed by atoms with van der Waals surface area (Å²) in [5.74, 6) is 0. The molecule has 1 N–H and O–H groups in total. The second-order valence-electron chi connectivity index (χ2n) is 2.75. The fraction of sp³-hybridized carbons (Fsp3) is 0. The van der Waals surface area contributed by atoms with Crippen LogP contribution in [0.25, 0.3) is 0 Å². The van der Waals surface area contributed by atoms with E-state index in [0.717, 1.165) is 5.69 Å². The van der Waals surface area contributed by atoms with Crippen LogP contribution >= 0.6 is 23.4 Å². The van der Waals surface area contributed by atoms with Crippen LogP contribution in [0.5, 0.6) is 0 Å². The van der Waals surface area contributed by atoms with Crippen LogP contribution in [0.15, 0.2) is 24.5 Å². The van der Waals surface area contributed by atoms with Gasteiger partial charge in [0.2, 0.25) is 0 Å². The standard InChI is InChI=1S/C9H6Cl2N2O/c10-8-6(5-14)1-2-7-9(8)13(11)4-3-12-7/h1-5,12H. The SMILES string of the molecule is O=Cc1ccc2c(c1Cl)N(Cl)C=CN2. The number of hydrogen-bond donors (Lipinski definition) is 1. The van der Waals surface area contributed by atoms with E-state index >= 15 is 0 Å². The zero-order valence-corrected chi connectivity index (χ0v) is 8.51. The fourth-order valence-electron chi connectivity index (χ4n) is 1.26. The van der Waals surface area contributed by atoms with Crippen molar-refractivity contribution in [1.29, 1.82) is 0 Å². The molecule has 0 bridgehead atoms. The molecule has 2 rings (SSSR count). The van der Waals surface area contributed by atoms with Crippen molar-refractivity contribution in [3.8, 4) is 0 Å². The number of aldehydes is 1. The molecule has 3 nitrogen and oxygen atoms in total. The first-order valence-corrected chi connectivity index (χ1v) is 4.61. The molecule has 0 atom stereocenters. The summed E-state index contributed by atoms with van der Waals surface area (Å²) in [5.41, 5.74) is 1.80. The van der Waals surface area contributed by atoms with Gasteiger partial charge in [-0.25, -0.2) is 0 Å². The molecule has 0 saturated heterocycles. The van der Waals surface area contributed by atoms with Crippen LogP contribution in [0.2, 0.25) is 5.02 Å². The van der Waals surface area contributed by atoms with E-state index in [0.29, 0.717) is 22.6 Å². The second kappa shape index (κ2) is 3.52. The molecular weight excluding hydrogens is 223 g/mol. The molecule has 1 aliphatic rings. The summed E-state index contributed by atoms with van der Waals surface area (Å²) >= 11 is 11.9. The fourth-order valence-corrected chi connectivity index (χ4v) is 1.84. The van der Waals surface area contributed by atoms with Crippen molar-refractivity contribution in [2.24, 2.45) is 0 Å². The Morgan fingerprint density at radius 1 is 1.43 bits per heavy atom. The number of carbonyl (C=O) groups excluding carboxylic acids is 1. The molecule has 0 aromatic heterocycles. The van der Waals surface area contributed by atoms with Gasteiger partial charge in [0.25, 0.3) is 0 Å². The van der Waals surface area contributed by atoms with Gasteiger partial charge in [0.05, 0.1) is 10.7 Å². The lowest BCUT2D eigenvalue weighted by atomic mass is 10.1. The van der Waals surface area contributed by atoms with Crippen LogP contribution in [-0.2, 0) is 0 Å². The Morgan fingerprint density at radius 3 is 2.93 bits per heavy atom. The molecule has 0 spiro atoms. The highest BCUT2D eigenvalue weighted by molar-refractivity contribution is 6.39. The van der Waals surface area contributed by atoms with Crippen molar-refractivity contribution in [1.82, 2.24) is 0 Å². The third kappa shape index (κ3) is 1.35. The third-order valence-corrected chi connectivity index (χ3v) is 2.61. The summed E-state index contributed by atoms with van der Waals surface area (Å²) in [7, 11) is 0. The monoisotopic (exact) mass is 228 g/mol. The maximum atomic E-state index is 10.6. The molecule has 1 aromatic rings. The van der Waals surface area contributed by atoms with Crippen molar-refractivity contribution in [2.75, 3.05) is 9.74 Å². The zero-order chi connectivity index (χ0) is 10.1. The summed E-state index contributed by atoms with van der Waals surface area (Å²) in [6.45, 7) is 0. The van der Waals surface area contributed by atoms with E-state index in [1.165, 1.54) is 4.42 Å². The minimum Gasteiger partial charge on any atom is -0.358 e. The molecule has 0 aliphatic carbocycles. The van der Waals surface area contributed by atoms with Gasteiger partial charge in [-0.3, -0.25) is 9.21 Å². The van der Waals surface area contributed by atoms with Gasteiger partial charge in [-0.15, -0.1) is 0 Å². The Morgan fingerprint density at radius 2 is 2.21 bits per heavy atom. The molecule has 5 heteroatoms. The number of halogens is 2. The van der Waals surface area contributed by atoms with Gasteiger partial charge in [-0.2, -0.15) is 0 Å². The summed E-state index contributed by atoms with van der Waals surface area (Å²) < 4.78 is 1.35. The first-order valence-electron chi connectivity index (χ1n) is 3.90. The Balaban J connectivity index is 2.63. The Hall–Kier alpha value is -1.19. The Labute approximate surface area is 91.0 Å². The first kappa shape index (κ1) is 9.37. The third-order valence-electron chi connectivity index (χ3n) is 1.93. The highest BCUT2D eigenvalue weighted by atomic mass is 35.5. The van der Waals surface area contributed by atoms with Crippen molar-refractivity contribution >= 4 is 41.0 Å². The van der Waals surface area contributed by atoms with E-state index < -0.39 is 0 Å². The van der Waals surface area contributed by atoms with Crippen LogP contribution in [0.3, 0.4) is 0 Å². The maximum Gasteiger partial charge on any atom is 0.151 e. The van der Waals surface area contributed by atoms with Crippen molar-refractivity contribution < 1.29 is 4.79 Å². The van der Waals surface area contributed by atoms with Crippen LogP contribution in [0.1, 0.15) is 10.4 Å². The van der Waals surface area contributed by atoms with Crippen molar-refractivity contribution in [2.45, 2.75) is 0 Å². The molecule has 1 aliphatic heterocycles. The van der Waals surface area contributed by atoms with E-state index in [2.05, 4.69) is 5.32 Å². The number of nitrogens with one attached hydrogen (secondary N) is 1. The Kier molecular flexibility index (Phi) is 2.35. The molecule has 1 heterocycles. The van der Waals surface area contributed by atoms with Crippen LogP contribution in [0, 0.1) is 0 Å². The molecule has 72 valence electrons. The minimum atomic E-state index is 0.351. The Bertz CT molecular complexity index is 418. The lowest BCUT2D eigenvalue weighted by Crippen LogP contribution is -2.10. The predicted molar refractivity (Wildman–Crippen MR) is 57.9 cm³/mol. The van der Waals surface area contributed by atoms with E-state index in [-0.39, 0.29) is 0 Å². The summed E-state index contributed by atoms with van der Waals surface area (Å²) in [4.78, 5) is 10.6. The second-order valence-corrected chi connectivity index (χ2v) is 3.50. The largest absolute Gasteiger partial charge is 0.358 e. The topological polar surface area (TPSA) is 32.3 Å². The van der Waals surface area contributed by atoms with E-state index in [1.54, 1.807) is 24.5 Å². The summed E-state index contributed by atoms with van der Waals surface area (Å²) in [6.07, 6.45) is 4.00. The molecule has 1 aromatic carbocycles. The van der Waals surface area contributed by atoms with Gasteiger partial charge in [-0.1, -0.05) is 11.6 Å². The lowest BCUT2D eigenvalue weighted by molar-refractivity contribution is 0.112. The molecule has 14 heavy (non-hydrogen) atoms. The van der Waals surface area contributed by atoms with Gasteiger partial charge in [0.15, 0.2) is 6.29 Å². The zero-order valence-electron chi connectivity index (χ0n) is 7.00. The lowest BCUT2D eigenvalue weighted by Gasteiger charge is -2.21. The van der Waals surface area contributed by atoms with Gasteiger partial charge < -0.3 is 5.32 Å². The molecule has 0 radical (unpaired) electrons. The van der Waals surface area contributed by atoms with E-state index in [1.807, 2.05) is 0 Å². The highest BCUT2D eigenvalue weighted by Gasteiger charge is 2.17. The predicted octanol–water partition coefficient (Wildman–Crippen LogP) is 3.01. The van der Waals surface area contributed by atoms with E-state index in [9.17, 15) is 4.79 Å². The number of nitrogens with zero attached hydrogens (tertiary/aromatic N) is 1. The molecule has 0 unspecified atom stereocenters. The molecular formula is C9H6Cl2N2O. The van der Waals surface area contributed by atoms with Crippen LogP contribution in [0.4, 0.5) is 11.4 Å². The van der Waals surface area contributed by atoms with Crippen molar-refractivity contribution in [3.05, 3.63) is 35.1 Å². The highest BCUT2D eigenvalue weighted by Crippen LogP contribution is 2.39. The molecule has 0 fully saturated rings. The van der Waals surface area contributed by atoms with Gasteiger partial charge in [-0.05, 0) is 12.1 Å². The molecule has 0 saturated carbocycles. The number of hydrogen-bond acceptors (Lipinski definition) is 3. The van der Waals surface area contributed by atoms with Gasteiger partial charge >= 0.3 is 0 Å². The summed E-state index contributed by atoms with van der Waals surface area (Å²) in [6, 6.07) is 3.40. The normalized spacial score (nSPS) is 13.4. The van der Waals surface area contributed by atoms with Crippen LogP contribution in [-0.4, -0.2) is 6.29 Å². The summed E-state index contributed by atoms with van der Waals surface area (Å²) in [5, 5.41) is 3.33. The first-order chi connectivity index (χ1) is 6.74. The number of carbonyl (C=O) groups is 1. The number of rotatable bonds is 1. The number of benzene rings is 1. The number of fused-ring (bicyclic) bond motifs is 1. The number of anilines is 2. The van der Waals surface area contributed by atoms with Crippen LogP contribution < -0.4 is 9.74 Å². The minimum absolute atomic E-state index is 0.351. The quantitative estimate of drug-likeness (QED) is 0.593. The van der Waals surface area contributed by atoms with Gasteiger partial charge in [0, 0.05) is 29.7 Å². The average molecular weight is 229 g/mol. The van der Waals surface area contributed by atoms with Gasteiger partial charge in [0.1, 0.15) is 5.69 Å². The van der Waals surface area contributed by atoms with Crippen molar-refractivity contribution in [3.63, 3.8) is 0 Å². The average Bonchev–Trinajstić information content (AvgIpc) is 2.18. The molecule has 0 amide bonds. The maximum absolute atomic E-state index is 10.6. The van der Waals surface area contributed by atoms with E-state index in [4.69, 9.17) is 23.4 Å². The smallest absolute Gasteiger partial charge is 0.151 e.